The maximum absolute atomic E-state index is 12.8. The Kier molecular flexibility index (Phi) is 8.11. The van der Waals surface area contributed by atoms with E-state index in [1.165, 1.54) is 18.2 Å². The van der Waals surface area contributed by atoms with E-state index in [-0.39, 0.29) is 35.7 Å². The molecule has 1 aliphatic heterocycles. The van der Waals surface area contributed by atoms with Crippen LogP contribution in [0.1, 0.15) is 71.4 Å². The van der Waals surface area contributed by atoms with Crippen molar-refractivity contribution in [1.29, 1.82) is 0 Å². The molecular formula is C23H32F3NO5S. The van der Waals surface area contributed by atoms with Gasteiger partial charge in [-0.2, -0.15) is 0 Å². The van der Waals surface area contributed by atoms with Crippen molar-refractivity contribution in [2.24, 2.45) is 11.8 Å². The van der Waals surface area contributed by atoms with Gasteiger partial charge in [0.1, 0.15) is 22.4 Å². The molecule has 10 heteroatoms. The molecule has 3 rings (SSSR count). The van der Waals surface area contributed by atoms with Crippen LogP contribution in [-0.2, 0) is 20.9 Å². The molecule has 1 aromatic rings. The maximum atomic E-state index is 12.8. The molecule has 1 saturated carbocycles. The lowest BCUT2D eigenvalue weighted by atomic mass is 9.77. The van der Waals surface area contributed by atoms with Gasteiger partial charge in [-0.15, -0.1) is 17.9 Å². The minimum Gasteiger partial charge on any atom is -0.598 e. The van der Waals surface area contributed by atoms with Crippen LogP contribution in [0.5, 0.6) is 11.5 Å². The number of esters is 1. The van der Waals surface area contributed by atoms with Gasteiger partial charge >= 0.3 is 12.3 Å². The highest BCUT2D eigenvalue weighted by Gasteiger charge is 2.40. The number of rotatable bonds is 6. The molecule has 2 aliphatic rings. The summed E-state index contributed by atoms with van der Waals surface area (Å²) in [5.74, 6) is -0.248. The van der Waals surface area contributed by atoms with Gasteiger partial charge in [-0.25, -0.2) is 0 Å². The van der Waals surface area contributed by atoms with Crippen LogP contribution in [0.2, 0.25) is 0 Å². The van der Waals surface area contributed by atoms with Crippen LogP contribution < -0.4 is 14.2 Å². The third-order valence-electron chi connectivity index (χ3n) is 6.06. The standard InChI is InChI=1S/C23H32F3NO5S/c1-5-30-21(28)15-8-6-14(7-9-15)19-13-18(27-33(29)22(2,3)4)17-11-10-16(12-20(17)31-19)32-23(24,25)26/h10-12,14-15,18-19,27H,5-9,13H2,1-4H3/t14?,15?,18-,19-,33+/m1/s1. The quantitative estimate of drug-likeness (QED) is 0.435. The second kappa shape index (κ2) is 10.3. The molecule has 0 bridgehead atoms. The number of fused-ring (bicyclic) bond motifs is 1. The van der Waals surface area contributed by atoms with Crippen molar-refractivity contribution in [2.45, 2.75) is 83.1 Å². The van der Waals surface area contributed by atoms with E-state index in [9.17, 15) is 22.5 Å². The highest BCUT2D eigenvalue weighted by Crippen LogP contribution is 2.44. The van der Waals surface area contributed by atoms with Crippen molar-refractivity contribution in [1.82, 2.24) is 4.72 Å². The zero-order chi connectivity index (χ0) is 24.4. The lowest BCUT2D eigenvalue weighted by Gasteiger charge is -2.39. The molecular weight excluding hydrogens is 459 g/mol. The number of ether oxygens (including phenoxy) is 3. The maximum Gasteiger partial charge on any atom is 0.573 e. The number of carbonyl (C=O) groups is 1. The van der Waals surface area contributed by atoms with Crippen molar-refractivity contribution in [3.63, 3.8) is 0 Å². The molecule has 6 nitrogen and oxygen atoms in total. The van der Waals surface area contributed by atoms with Crippen molar-refractivity contribution < 1.29 is 36.7 Å². The largest absolute Gasteiger partial charge is 0.598 e. The summed E-state index contributed by atoms with van der Waals surface area (Å²) in [4.78, 5) is 12.1. The second-order valence-corrected chi connectivity index (χ2v) is 11.6. The molecule has 33 heavy (non-hydrogen) atoms. The highest BCUT2D eigenvalue weighted by molar-refractivity contribution is 7.90. The zero-order valence-corrected chi connectivity index (χ0v) is 20.2. The van der Waals surface area contributed by atoms with Crippen LogP contribution in [0.3, 0.4) is 0 Å². The molecule has 186 valence electrons. The average Bonchev–Trinajstić information content (AvgIpc) is 2.71. The summed E-state index contributed by atoms with van der Waals surface area (Å²) in [6.07, 6.45) is -1.70. The van der Waals surface area contributed by atoms with E-state index >= 15 is 0 Å². The third kappa shape index (κ3) is 6.93. The van der Waals surface area contributed by atoms with Crippen LogP contribution in [0.25, 0.3) is 0 Å². The smallest absolute Gasteiger partial charge is 0.573 e. The van der Waals surface area contributed by atoms with Crippen LogP contribution >= 0.6 is 0 Å². The van der Waals surface area contributed by atoms with E-state index in [0.717, 1.165) is 12.8 Å². The highest BCUT2D eigenvalue weighted by atomic mass is 32.2. The normalized spacial score (nSPS) is 26.7. The van der Waals surface area contributed by atoms with Gasteiger partial charge in [-0.3, -0.25) is 4.79 Å². The van der Waals surface area contributed by atoms with Crippen LogP contribution in [0.15, 0.2) is 18.2 Å². The van der Waals surface area contributed by atoms with Gasteiger partial charge in [0.05, 0.1) is 18.6 Å². The predicted octanol–water partition coefficient (Wildman–Crippen LogP) is 5.20. The minimum absolute atomic E-state index is 0.128. The molecule has 1 aromatic carbocycles. The fourth-order valence-corrected chi connectivity index (χ4v) is 5.20. The van der Waals surface area contributed by atoms with E-state index < -0.39 is 22.5 Å². The van der Waals surface area contributed by atoms with Gasteiger partial charge in [0.15, 0.2) is 0 Å². The van der Waals surface area contributed by atoms with E-state index in [4.69, 9.17) is 9.47 Å². The van der Waals surface area contributed by atoms with E-state index in [2.05, 4.69) is 9.46 Å². The Morgan fingerprint density at radius 1 is 1.21 bits per heavy atom. The number of nitrogens with one attached hydrogen (secondary N) is 1. The molecule has 1 heterocycles. The lowest BCUT2D eigenvalue weighted by molar-refractivity contribution is -0.274. The van der Waals surface area contributed by atoms with Crippen molar-refractivity contribution in [3.8, 4) is 11.5 Å². The van der Waals surface area contributed by atoms with Crippen LogP contribution in [0.4, 0.5) is 13.2 Å². The van der Waals surface area contributed by atoms with E-state index in [1.54, 1.807) is 6.92 Å². The van der Waals surface area contributed by atoms with E-state index in [1.807, 2.05) is 20.8 Å². The molecule has 0 aromatic heterocycles. The first-order chi connectivity index (χ1) is 15.4. The Bertz CT molecular complexity index is 821. The van der Waals surface area contributed by atoms with Gasteiger partial charge in [0.25, 0.3) is 0 Å². The topological polar surface area (TPSA) is 79.9 Å². The van der Waals surface area contributed by atoms with Gasteiger partial charge < -0.3 is 18.8 Å². The van der Waals surface area contributed by atoms with Gasteiger partial charge in [0.2, 0.25) is 0 Å². The average molecular weight is 492 g/mol. The number of hydrogen-bond acceptors (Lipinski definition) is 6. The van der Waals surface area contributed by atoms with Crippen molar-refractivity contribution in [3.05, 3.63) is 23.8 Å². The monoisotopic (exact) mass is 491 g/mol. The van der Waals surface area contributed by atoms with Gasteiger partial charge in [0, 0.05) is 29.4 Å². The molecule has 1 N–H and O–H groups in total. The summed E-state index contributed by atoms with van der Waals surface area (Å²) >= 11 is -1.38. The third-order valence-corrected chi connectivity index (χ3v) is 7.67. The Hall–Kier alpha value is -1.65. The molecule has 0 radical (unpaired) electrons. The van der Waals surface area contributed by atoms with Crippen LogP contribution in [0, 0.1) is 11.8 Å². The Morgan fingerprint density at radius 2 is 1.88 bits per heavy atom. The summed E-state index contributed by atoms with van der Waals surface area (Å²) in [6, 6.07) is 3.67. The molecule has 3 atom stereocenters. The zero-order valence-electron chi connectivity index (χ0n) is 19.4. The summed E-state index contributed by atoms with van der Waals surface area (Å²) in [5.41, 5.74) is 0.651. The molecule has 1 aliphatic carbocycles. The van der Waals surface area contributed by atoms with Crippen LogP contribution in [-0.4, -0.2) is 34.3 Å². The number of halogens is 3. The number of carbonyl (C=O) groups excluding carboxylic acids is 1. The number of hydrogen-bond donors (Lipinski definition) is 1. The molecule has 0 unspecified atom stereocenters. The number of benzene rings is 1. The van der Waals surface area contributed by atoms with Crippen molar-refractivity contribution >= 4 is 17.3 Å². The molecule has 1 fully saturated rings. The van der Waals surface area contributed by atoms with E-state index in [0.29, 0.717) is 37.2 Å². The fraction of sp³-hybridized carbons (Fsp3) is 0.696. The summed E-state index contributed by atoms with van der Waals surface area (Å²) in [7, 11) is 0. The first kappa shape index (κ1) is 26.0. The first-order valence-corrected chi connectivity index (χ1v) is 12.4. The van der Waals surface area contributed by atoms with Gasteiger partial charge in [-0.05, 0) is 71.4 Å². The second-order valence-electron chi connectivity index (χ2n) is 9.55. The minimum atomic E-state index is -4.81. The predicted molar refractivity (Wildman–Crippen MR) is 118 cm³/mol. The number of alkyl halides is 3. The van der Waals surface area contributed by atoms with Gasteiger partial charge in [-0.1, -0.05) is 0 Å². The lowest BCUT2D eigenvalue weighted by Crippen LogP contribution is -2.45. The summed E-state index contributed by atoms with van der Waals surface area (Å²) < 4.78 is 69.0. The first-order valence-electron chi connectivity index (χ1n) is 11.3. The van der Waals surface area contributed by atoms with Crippen molar-refractivity contribution in [2.75, 3.05) is 6.61 Å². The Morgan fingerprint density at radius 3 is 2.45 bits per heavy atom. The Labute approximate surface area is 195 Å². The molecule has 0 saturated heterocycles. The fourth-order valence-electron chi connectivity index (χ4n) is 4.37. The summed E-state index contributed by atoms with van der Waals surface area (Å²) in [6.45, 7) is 7.68. The summed E-state index contributed by atoms with van der Waals surface area (Å²) in [5, 5.41) is 0. The SMILES string of the molecule is CCOC(=O)C1CCC([C@H]2C[C@@H](N[S@@+]([O-])C(C)(C)C)c3ccc(OC(F)(F)F)cc3O2)CC1. The molecule has 0 spiro atoms. The Balaban J connectivity index is 1.79. The molecule has 0 amide bonds.